The third-order valence-corrected chi connectivity index (χ3v) is 5.62. The van der Waals surface area contributed by atoms with Crippen LogP contribution in [0.3, 0.4) is 0 Å². The van der Waals surface area contributed by atoms with Gasteiger partial charge in [-0.05, 0) is 34.9 Å². The normalized spacial score (nSPS) is 18.2. The van der Waals surface area contributed by atoms with Gasteiger partial charge in [-0.2, -0.15) is 0 Å². The Labute approximate surface area is 187 Å². The number of ether oxygens (including phenoxy) is 1. The zero-order valence-electron chi connectivity index (χ0n) is 18.3. The van der Waals surface area contributed by atoms with Crippen LogP contribution in [0, 0.1) is 0 Å². The molecule has 0 bridgehead atoms. The van der Waals surface area contributed by atoms with Crippen molar-refractivity contribution in [2.45, 2.75) is 12.0 Å². The number of likely N-dealkylation sites (N-methyl/N-ethyl adjacent to an activating group) is 1. The largest absolute Gasteiger partial charge is 0.361 e. The van der Waals surface area contributed by atoms with Gasteiger partial charge in [0, 0.05) is 51.8 Å². The van der Waals surface area contributed by atoms with Crippen molar-refractivity contribution in [1.82, 2.24) is 19.8 Å². The van der Waals surface area contributed by atoms with Gasteiger partial charge in [-0.15, -0.1) is 0 Å². The summed E-state index contributed by atoms with van der Waals surface area (Å²) in [5.74, 6) is -0.304. The van der Waals surface area contributed by atoms with E-state index in [1.807, 2.05) is 42.6 Å². The van der Waals surface area contributed by atoms with Gasteiger partial charge in [-0.3, -0.25) is 19.6 Å². The molecule has 4 rings (SSSR count). The van der Waals surface area contributed by atoms with Gasteiger partial charge in [0.2, 0.25) is 0 Å². The van der Waals surface area contributed by atoms with Crippen molar-refractivity contribution in [3.05, 3.63) is 84.4 Å². The maximum Gasteiger partial charge on any atom is 0.256 e. The lowest BCUT2D eigenvalue weighted by Gasteiger charge is -2.42. The van der Waals surface area contributed by atoms with Crippen LogP contribution in [0.1, 0.15) is 15.9 Å². The first-order valence-electron chi connectivity index (χ1n) is 10.5. The summed E-state index contributed by atoms with van der Waals surface area (Å²) in [7, 11) is 3.42. The van der Waals surface area contributed by atoms with Crippen LogP contribution in [-0.2, 0) is 16.0 Å². The third-order valence-electron chi connectivity index (χ3n) is 5.62. The molecule has 1 aliphatic heterocycles. The lowest BCUT2D eigenvalue weighted by Crippen LogP contribution is -2.61. The van der Waals surface area contributed by atoms with Gasteiger partial charge in [-0.25, -0.2) is 0 Å². The second kappa shape index (κ2) is 9.28. The van der Waals surface area contributed by atoms with Gasteiger partial charge in [0.25, 0.3) is 11.8 Å². The van der Waals surface area contributed by atoms with Gasteiger partial charge in [0.1, 0.15) is 0 Å². The average Bonchev–Trinajstić information content (AvgIpc) is 2.84. The van der Waals surface area contributed by atoms with E-state index in [2.05, 4.69) is 9.97 Å². The zero-order valence-corrected chi connectivity index (χ0v) is 18.3. The van der Waals surface area contributed by atoms with E-state index in [-0.39, 0.29) is 18.4 Å². The summed E-state index contributed by atoms with van der Waals surface area (Å²) in [6.07, 6.45) is 7.11. The van der Waals surface area contributed by atoms with E-state index in [4.69, 9.17) is 4.74 Å². The molecule has 3 heterocycles. The smallest absolute Gasteiger partial charge is 0.256 e. The van der Waals surface area contributed by atoms with Crippen molar-refractivity contribution in [2.75, 3.05) is 33.8 Å². The molecule has 7 heteroatoms. The molecule has 0 spiro atoms. The quantitative estimate of drug-likeness (QED) is 0.622. The molecule has 3 aromatic rings. The second-order valence-corrected chi connectivity index (χ2v) is 8.13. The Balaban J connectivity index is 1.59. The Morgan fingerprint density at radius 1 is 1.00 bits per heavy atom. The molecular formula is C25H26N4O3. The van der Waals surface area contributed by atoms with Crippen molar-refractivity contribution < 1.29 is 14.3 Å². The molecule has 0 aliphatic carbocycles. The number of aromatic nitrogens is 2. The molecule has 1 fully saturated rings. The number of hydrogen-bond acceptors (Lipinski definition) is 5. The summed E-state index contributed by atoms with van der Waals surface area (Å²) in [6.45, 7) is 0.900. The van der Waals surface area contributed by atoms with Crippen molar-refractivity contribution in [3.63, 3.8) is 0 Å². The topological polar surface area (TPSA) is 75.6 Å². The lowest BCUT2D eigenvalue weighted by molar-refractivity contribution is -0.165. The van der Waals surface area contributed by atoms with Crippen molar-refractivity contribution >= 4 is 11.8 Å². The molecule has 32 heavy (non-hydrogen) atoms. The van der Waals surface area contributed by atoms with Gasteiger partial charge < -0.3 is 14.5 Å². The maximum atomic E-state index is 13.3. The summed E-state index contributed by atoms with van der Waals surface area (Å²) < 4.78 is 6.11. The summed E-state index contributed by atoms with van der Waals surface area (Å²) in [6, 6.07) is 15.4. The van der Waals surface area contributed by atoms with Crippen LogP contribution in [-0.4, -0.2) is 71.0 Å². The van der Waals surface area contributed by atoms with Gasteiger partial charge in [0.05, 0.1) is 18.7 Å². The number of carbonyl (C=O) groups excluding carboxylic acids is 2. The van der Waals surface area contributed by atoms with Crippen LogP contribution in [0.25, 0.3) is 11.1 Å². The molecule has 1 unspecified atom stereocenters. The number of nitrogens with zero attached hydrogens (tertiary/aromatic N) is 4. The molecule has 1 saturated heterocycles. The fourth-order valence-electron chi connectivity index (χ4n) is 4.03. The first-order chi connectivity index (χ1) is 15.5. The van der Waals surface area contributed by atoms with Crippen LogP contribution in [0.4, 0.5) is 0 Å². The number of benzene rings is 1. The molecule has 2 aromatic heterocycles. The first-order valence-corrected chi connectivity index (χ1v) is 10.5. The maximum absolute atomic E-state index is 13.3. The summed E-state index contributed by atoms with van der Waals surface area (Å²) >= 11 is 0. The highest BCUT2D eigenvalue weighted by atomic mass is 16.5. The van der Waals surface area contributed by atoms with Crippen molar-refractivity contribution in [2.24, 2.45) is 0 Å². The Kier molecular flexibility index (Phi) is 6.28. The minimum atomic E-state index is -1.14. The van der Waals surface area contributed by atoms with Gasteiger partial charge in [0.15, 0.2) is 5.60 Å². The zero-order chi connectivity index (χ0) is 22.6. The molecule has 1 aliphatic rings. The van der Waals surface area contributed by atoms with E-state index in [0.29, 0.717) is 25.1 Å². The van der Waals surface area contributed by atoms with E-state index in [0.717, 1.165) is 16.7 Å². The van der Waals surface area contributed by atoms with Crippen LogP contribution >= 0.6 is 0 Å². The predicted molar refractivity (Wildman–Crippen MR) is 121 cm³/mol. The van der Waals surface area contributed by atoms with Crippen LogP contribution in [0.5, 0.6) is 0 Å². The Hall–Kier alpha value is -3.58. The van der Waals surface area contributed by atoms with E-state index in [9.17, 15) is 9.59 Å². The van der Waals surface area contributed by atoms with Crippen LogP contribution < -0.4 is 0 Å². The number of morpholine rings is 1. The molecule has 2 amide bonds. The fraction of sp³-hybridized carbons (Fsp3) is 0.280. The van der Waals surface area contributed by atoms with Gasteiger partial charge in [-0.1, -0.05) is 30.3 Å². The molecule has 0 radical (unpaired) electrons. The number of carbonyl (C=O) groups is 2. The summed E-state index contributed by atoms with van der Waals surface area (Å²) in [4.78, 5) is 37.7. The number of rotatable bonds is 5. The fourth-order valence-corrected chi connectivity index (χ4v) is 4.03. The number of hydrogen-bond donors (Lipinski definition) is 0. The minimum absolute atomic E-state index is 0.149. The van der Waals surface area contributed by atoms with E-state index >= 15 is 0 Å². The third kappa shape index (κ3) is 4.53. The monoisotopic (exact) mass is 430 g/mol. The summed E-state index contributed by atoms with van der Waals surface area (Å²) in [5, 5.41) is 0. The Morgan fingerprint density at radius 3 is 2.34 bits per heavy atom. The predicted octanol–water partition coefficient (Wildman–Crippen LogP) is 2.69. The van der Waals surface area contributed by atoms with E-state index in [1.54, 1.807) is 49.7 Å². The molecular weight excluding hydrogens is 404 g/mol. The van der Waals surface area contributed by atoms with Crippen molar-refractivity contribution in [3.8, 4) is 11.1 Å². The summed E-state index contributed by atoms with van der Waals surface area (Å²) in [5.41, 5.74) is 2.40. The lowest BCUT2D eigenvalue weighted by atomic mass is 9.90. The van der Waals surface area contributed by atoms with Crippen molar-refractivity contribution in [1.29, 1.82) is 0 Å². The Morgan fingerprint density at radius 2 is 1.72 bits per heavy atom. The SMILES string of the molecule is CN(C)C(=O)C1(Cc2ccc(-c3cccnc3)cc2)CN(C(=O)c2cccnc2)CCO1. The number of amides is 2. The first kappa shape index (κ1) is 21.6. The highest BCUT2D eigenvalue weighted by Gasteiger charge is 2.46. The van der Waals surface area contributed by atoms with E-state index < -0.39 is 5.60 Å². The Bertz CT molecular complexity index is 1070. The standard InChI is InChI=1S/C25H26N4O3/c1-28(2)24(31)25(15-19-7-9-20(10-8-19)21-5-3-11-26-16-21)18-29(13-14-32-25)23(30)22-6-4-12-27-17-22/h3-12,16-17H,13-15,18H2,1-2H3. The molecule has 0 saturated carbocycles. The molecule has 1 atom stereocenters. The second-order valence-electron chi connectivity index (χ2n) is 8.13. The molecule has 164 valence electrons. The van der Waals surface area contributed by atoms with E-state index in [1.165, 1.54) is 4.90 Å². The average molecular weight is 431 g/mol. The van der Waals surface area contributed by atoms with Crippen LogP contribution in [0.15, 0.2) is 73.3 Å². The molecule has 7 nitrogen and oxygen atoms in total. The highest BCUT2D eigenvalue weighted by molar-refractivity contribution is 5.95. The molecule has 1 aromatic carbocycles. The van der Waals surface area contributed by atoms with Crippen LogP contribution in [0.2, 0.25) is 0 Å². The highest BCUT2D eigenvalue weighted by Crippen LogP contribution is 2.28. The van der Waals surface area contributed by atoms with Gasteiger partial charge >= 0.3 is 0 Å². The number of pyridine rings is 2. The minimum Gasteiger partial charge on any atom is -0.361 e. The molecule has 0 N–H and O–H groups in total.